The monoisotopic (exact) mass is 447 g/mol. The van der Waals surface area contributed by atoms with Crippen molar-refractivity contribution in [3.05, 3.63) is 60.2 Å². The Morgan fingerprint density at radius 1 is 1.07 bits per heavy atom. The lowest BCUT2D eigenvalue weighted by Gasteiger charge is -2.23. The molecule has 1 N–H and O–H groups in total. The van der Waals surface area contributed by atoms with Crippen LogP contribution in [0.1, 0.15) is 24.2 Å². The normalized spacial score (nSPS) is 16.6. The Bertz CT molecular complexity index is 991. The predicted octanol–water partition coefficient (Wildman–Crippen LogP) is 2.87. The van der Waals surface area contributed by atoms with Crippen LogP contribution in [-0.2, 0) is 14.8 Å². The van der Waals surface area contributed by atoms with Gasteiger partial charge in [-0.3, -0.25) is 9.59 Å². The van der Waals surface area contributed by atoms with Crippen molar-refractivity contribution in [1.82, 2.24) is 9.21 Å². The van der Waals surface area contributed by atoms with E-state index in [9.17, 15) is 18.0 Å². The van der Waals surface area contributed by atoms with E-state index in [-0.39, 0.29) is 16.7 Å². The van der Waals surface area contributed by atoms with Crippen LogP contribution in [0, 0.1) is 0 Å². The molecule has 7 nitrogen and oxygen atoms in total. The summed E-state index contributed by atoms with van der Waals surface area (Å²) in [5.41, 5.74) is 1.03. The van der Waals surface area contributed by atoms with Gasteiger partial charge in [-0.15, -0.1) is 11.8 Å². The number of carbonyl (C=O) groups is 2. The molecular formula is C21H25N3O4S2. The van der Waals surface area contributed by atoms with Gasteiger partial charge >= 0.3 is 0 Å². The first-order valence-electron chi connectivity index (χ1n) is 9.73. The van der Waals surface area contributed by atoms with E-state index in [1.54, 1.807) is 55.1 Å². The van der Waals surface area contributed by atoms with Crippen LogP contribution < -0.4 is 5.32 Å². The predicted molar refractivity (Wildman–Crippen MR) is 119 cm³/mol. The van der Waals surface area contributed by atoms with Crippen LogP contribution >= 0.6 is 11.8 Å². The third-order valence-electron chi connectivity index (χ3n) is 4.93. The van der Waals surface area contributed by atoms with E-state index < -0.39 is 16.1 Å². The Morgan fingerprint density at radius 3 is 2.30 bits per heavy atom. The maximum atomic E-state index is 12.8. The molecule has 1 heterocycles. The van der Waals surface area contributed by atoms with Crippen molar-refractivity contribution in [3.63, 3.8) is 0 Å². The highest BCUT2D eigenvalue weighted by Gasteiger charge is 2.35. The van der Waals surface area contributed by atoms with Gasteiger partial charge in [0.2, 0.25) is 15.9 Å². The molecule has 0 aromatic heterocycles. The van der Waals surface area contributed by atoms with Gasteiger partial charge in [0.05, 0.1) is 10.8 Å². The summed E-state index contributed by atoms with van der Waals surface area (Å²) >= 11 is 1.53. The summed E-state index contributed by atoms with van der Waals surface area (Å²) in [6.07, 6.45) is 0. The van der Waals surface area contributed by atoms with Crippen molar-refractivity contribution >= 4 is 39.3 Å². The number of benzene rings is 2. The summed E-state index contributed by atoms with van der Waals surface area (Å²) in [5.74, 6) is 0.496. The van der Waals surface area contributed by atoms with Gasteiger partial charge in [0.15, 0.2) is 0 Å². The number of nitrogens with zero attached hydrogens (tertiary/aromatic N) is 2. The standard InChI is InChI=1S/C21H25N3O4S2/c1-3-23(4-2)30(27,28)18-12-10-17(11-13-18)22-20(25)19-14-29-15-24(19)21(26)16-8-6-5-7-9-16/h5-13,19H,3-4,14-15H2,1-2H3,(H,22,25)/t19-/m0/s1. The fourth-order valence-electron chi connectivity index (χ4n) is 3.25. The Kier molecular flexibility index (Phi) is 7.17. The summed E-state index contributed by atoms with van der Waals surface area (Å²) in [7, 11) is -3.55. The topological polar surface area (TPSA) is 86.8 Å². The highest BCUT2D eigenvalue weighted by atomic mass is 32.2. The number of carbonyl (C=O) groups excluding carboxylic acids is 2. The zero-order valence-corrected chi connectivity index (χ0v) is 18.6. The number of sulfonamides is 1. The summed E-state index contributed by atoms with van der Waals surface area (Å²) in [6, 6.07) is 14.4. The lowest BCUT2D eigenvalue weighted by atomic mass is 10.1. The summed E-state index contributed by atoms with van der Waals surface area (Å²) < 4.78 is 26.5. The van der Waals surface area contributed by atoms with Crippen LogP contribution in [0.5, 0.6) is 0 Å². The molecule has 2 aromatic carbocycles. The quantitative estimate of drug-likeness (QED) is 0.705. The minimum absolute atomic E-state index is 0.179. The SMILES string of the molecule is CCN(CC)S(=O)(=O)c1ccc(NC(=O)[C@@H]2CSCN2C(=O)c2ccccc2)cc1. The van der Waals surface area contributed by atoms with Gasteiger partial charge in [0, 0.05) is 30.1 Å². The van der Waals surface area contributed by atoms with E-state index in [0.717, 1.165) is 0 Å². The maximum Gasteiger partial charge on any atom is 0.255 e. The van der Waals surface area contributed by atoms with Crippen molar-refractivity contribution in [3.8, 4) is 0 Å². The average Bonchev–Trinajstić information content (AvgIpc) is 3.25. The van der Waals surface area contributed by atoms with Gasteiger partial charge < -0.3 is 10.2 Å². The fraction of sp³-hybridized carbons (Fsp3) is 0.333. The summed E-state index contributed by atoms with van der Waals surface area (Å²) in [4.78, 5) is 27.3. The zero-order valence-electron chi connectivity index (χ0n) is 16.9. The highest BCUT2D eigenvalue weighted by Crippen LogP contribution is 2.25. The lowest BCUT2D eigenvalue weighted by molar-refractivity contribution is -0.119. The van der Waals surface area contributed by atoms with Crippen LogP contribution in [0.15, 0.2) is 59.5 Å². The average molecular weight is 448 g/mol. The minimum Gasteiger partial charge on any atom is -0.324 e. The number of amides is 2. The van der Waals surface area contributed by atoms with Gasteiger partial charge in [-0.25, -0.2) is 8.42 Å². The van der Waals surface area contributed by atoms with E-state index in [0.29, 0.717) is 36.0 Å². The van der Waals surface area contributed by atoms with E-state index in [1.165, 1.54) is 28.2 Å². The van der Waals surface area contributed by atoms with Crippen LogP contribution in [0.2, 0.25) is 0 Å². The first kappa shape index (κ1) is 22.3. The van der Waals surface area contributed by atoms with E-state index in [2.05, 4.69) is 5.32 Å². The van der Waals surface area contributed by atoms with Crippen LogP contribution in [0.4, 0.5) is 5.69 Å². The largest absolute Gasteiger partial charge is 0.324 e. The molecule has 0 unspecified atom stereocenters. The van der Waals surface area contributed by atoms with Crippen molar-refractivity contribution in [2.75, 3.05) is 30.0 Å². The van der Waals surface area contributed by atoms with Gasteiger partial charge in [-0.2, -0.15) is 4.31 Å². The fourth-order valence-corrected chi connectivity index (χ4v) is 5.87. The molecule has 1 fully saturated rings. The Balaban J connectivity index is 1.70. The van der Waals surface area contributed by atoms with E-state index >= 15 is 0 Å². The second-order valence-corrected chi connectivity index (χ2v) is 9.70. The van der Waals surface area contributed by atoms with Crippen molar-refractivity contribution in [1.29, 1.82) is 0 Å². The molecule has 1 saturated heterocycles. The molecule has 0 bridgehead atoms. The molecule has 0 spiro atoms. The van der Waals surface area contributed by atoms with Crippen LogP contribution in [-0.4, -0.2) is 60.2 Å². The third kappa shape index (κ3) is 4.69. The van der Waals surface area contributed by atoms with E-state index in [1.807, 2.05) is 6.07 Å². The smallest absolute Gasteiger partial charge is 0.255 e. The molecule has 0 radical (unpaired) electrons. The number of rotatable bonds is 7. The Labute approximate surface area is 181 Å². The van der Waals surface area contributed by atoms with Gasteiger partial charge in [0.1, 0.15) is 6.04 Å². The number of thioether (sulfide) groups is 1. The first-order chi connectivity index (χ1) is 14.4. The van der Waals surface area contributed by atoms with Crippen LogP contribution in [0.25, 0.3) is 0 Å². The number of anilines is 1. The molecule has 1 aliphatic rings. The Morgan fingerprint density at radius 2 is 1.70 bits per heavy atom. The van der Waals surface area contributed by atoms with Crippen LogP contribution in [0.3, 0.4) is 0 Å². The first-order valence-corrected chi connectivity index (χ1v) is 12.3. The molecule has 160 valence electrons. The number of nitrogens with one attached hydrogen (secondary N) is 1. The maximum absolute atomic E-state index is 12.8. The molecule has 3 rings (SSSR count). The summed E-state index contributed by atoms with van der Waals surface area (Å²) in [5, 5.41) is 2.80. The zero-order chi connectivity index (χ0) is 21.7. The highest BCUT2D eigenvalue weighted by molar-refractivity contribution is 7.99. The molecule has 1 atom stereocenters. The number of hydrogen-bond acceptors (Lipinski definition) is 5. The van der Waals surface area contributed by atoms with E-state index in [4.69, 9.17) is 0 Å². The minimum atomic E-state index is -3.55. The van der Waals surface area contributed by atoms with Crippen molar-refractivity contribution in [2.24, 2.45) is 0 Å². The number of hydrogen-bond donors (Lipinski definition) is 1. The van der Waals surface area contributed by atoms with Crippen molar-refractivity contribution in [2.45, 2.75) is 24.8 Å². The van der Waals surface area contributed by atoms with Gasteiger partial charge in [-0.1, -0.05) is 32.0 Å². The molecular weight excluding hydrogens is 422 g/mol. The molecule has 2 aromatic rings. The Hall–Kier alpha value is -2.36. The second kappa shape index (κ2) is 9.63. The third-order valence-corrected chi connectivity index (χ3v) is 8.01. The van der Waals surface area contributed by atoms with Gasteiger partial charge in [-0.05, 0) is 36.4 Å². The second-order valence-electron chi connectivity index (χ2n) is 6.76. The molecule has 2 amide bonds. The van der Waals surface area contributed by atoms with Crippen molar-refractivity contribution < 1.29 is 18.0 Å². The molecule has 30 heavy (non-hydrogen) atoms. The lowest BCUT2D eigenvalue weighted by Crippen LogP contribution is -2.44. The molecule has 0 saturated carbocycles. The molecule has 9 heteroatoms. The van der Waals surface area contributed by atoms with Gasteiger partial charge in [0.25, 0.3) is 5.91 Å². The molecule has 0 aliphatic carbocycles. The summed E-state index contributed by atoms with van der Waals surface area (Å²) in [6.45, 7) is 4.36. The molecule has 1 aliphatic heterocycles.